The van der Waals surface area contributed by atoms with E-state index in [9.17, 15) is 0 Å². The Morgan fingerprint density at radius 2 is 2.20 bits per heavy atom. The second-order valence-corrected chi connectivity index (χ2v) is 3.32. The highest BCUT2D eigenvalue weighted by Crippen LogP contribution is 2.41. The minimum Gasteiger partial charge on any atom is -0.359 e. The second-order valence-electron chi connectivity index (χ2n) is 3.32. The van der Waals surface area contributed by atoms with E-state index < -0.39 is 0 Å². The van der Waals surface area contributed by atoms with Gasteiger partial charge in [0.25, 0.3) is 0 Å². The Kier molecular flexibility index (Phi) is 1.56. The van der Waals surface area contributed by atoms with Gasteiger partial charge >= 0.3 is 0 Å². The predicted molar refractivity (Wildman–Crippen MR) is 57.5 cm³/mol. The molecule has 0 amide bonds. The molecule has 0 bridgehead atoms. The highest BCUT2D eigenvalue weighted by atomic mass is 15.0. The van der Waals surface area contributed by atoms with Crippen LogP contribution >= 0.6 is 0 Å². The van der Waals surface area contributed by atoms with E-state index in [0.29, 0.717) is 5.69 Å². The Bertz CT molecular complexity index is 611. The van der Waals surface area contributed by atoms with Crippen LogP contribution in [0.4, 0.5) is 5.69 Å². The van der Waals surface area contributed by atoms with Crippen LogP contribution in [0.1, 0.15) is 0 Å². The van der Waals surface area contributed by atoms with Crippen LogP contribution in [0.5, 0.6) is 0 Å². The number of fused-ring (bicyclic) bond motifs is 3. The number of rotatable bonds is 1. The Labute approximate surface area is 85.8 Å². The van der Waals surface area contributed by atoms with Crippen LogP contribution < -0.4 is 0 Å². The van der Waals surface area contributed by atoms with Crippen molar-refractivity contribution in [3.8, 4) is 11.3 Å². The van der Waals surface area contributed by atoms with E-state index in [2.05, 4.69) is 15.1 Å². The first-order valence-electron chi connectivity index (χ1n) is 4.63. The fraction of sp³-hybridized carbons (Fsp3) is 0. The lowest BCUT2D eigenvalue weighted by Gasteiger charge is -1.97. The van der Waals surface area contributed by atoms with Crippen molar-refractivity contribution in [1.29, 1.82) is 5.53 Å². The van der Waals surface area contributed by atoms with Crippen LogP contribution in [0.3, 0.4) is 0 Å². The molecule has 4 nitrogen and oxygen atoms in total. The highest BCUT2D eigenvalue weighted by molar-refractivity contribution is 6.08. The average Bonchev–Trinajstić information content (AvgIpc) is 2.63. The number of aromatic nitrogens is 2. The molecule has 0 radical (unpaired) electrons. The van der Waals surface area contributed by atoms with Crippen LogP contribution in [-0.2, 0) is 0 Å². The lowest BCUT2D eigenvalue weighted by atomic mass is 10.2. The first kappa shape index (κ1) is 8.11. The van der Waals surface area contributed by atoms with Crippen LogP contribution in [0, 0.1) is 5.53 Å². The lowest BCUT2D eigenvalue weighted by molar-refractivity contribution is 1.14. The Morgan fingerprint density at radius 3 is 3.07 bits per heavy atom. The van der Waals surface area contributed by atoms with E-state index in [1.807, 2.05) is 30.5 Å². The van der Waals surface area contributed by atoms with E-state index in [1.165, 1.54) is 0 Å². The van der Waals surface area contributed by atoms with Crippen molar-refractivity contribution in [2.45, 2.75) is 0 Å². The molecular formula is C11H8N4. The molecule has 15 heavy (non-hydrogen) atoms. The van der Waals surface area contributed by atoms with Crippen LogP contribution in [0.25, 0.3) is 22.2 Å². The Balaban J connectivity index is 2.60. The maximum absolute atomic E-state index is 7.19. The van der Waals surface area contributed by atoms with Gasteiger partial charge in [-0.2, -0.15) is 5.11 Å². The Morgan fingerprint density at radius 1 is 1.27 bits per heavy atom. The summed E-state index contributed by atoms with van der Waals surface area (Å²) in [4.78, 5) is 7.36. The van der Waals surface area contributed by atoms with Gasteiger partial charge in [0.05, 0.1) is 5.69 Å². The molecule has 2 heterocycles. The molecule has 0 spiro atoms. The van der Waals surface area contributed by atoms with Crippen molar-refractivity contribution >= 4 is 16.6 Å². The maximum atomic E-state index is 7.19. The standard InChI is InChI=1S/C11H8N4/c12-15-11-9-7(3-1-5-13-9)8-4-2-6-14-10(8)11/h1-6,12-13H. The number of pyridine rings is 2. The number of aromatic amines is 1. The molecule has 1 aliphatic heterocycles. The van der Waals surface area contributed by atoms with Crippen molar-refractivity contribution < 1.29 is 0 Å². The molecule has 1 aromatic heterocycles. The van der Waals surface area contributed by atoms with Crippen LogP contribution in [0.15, 0.2) is 41.8 Å². The molecule has 2 N–H and O–H groups in total. The summed E-state index contributed by atoms with van der Waals surface area (Å²) >= 11 is 0. The van der Waals surface area contributed by atoms with Crippen LogP contribution in [-0.4, -0.2) is 9.97 Å². The van der Waals surface area contributed by atoms with Crippen molar-refractivity contribution in [3.63, 3.8) is 0 Å². The second kappa shape index (κ2) is 2.88. The molecule has 0 saturated heterocycles. The molecule has 72 valence electrons. The number of hydrogen-bond acceptors (Lipinski definition) is 3. The maximum Gasteiger partial charge on any atom is 0.135 e. The first-order valence-corrected chi connectivity index (χ1v) is 4.63. The molecule has 1 aromatic rings. The third-order valence-corrected chi connectivity index (χ3v) is 2.53. The van der Waals surface area contributed by atoms with E-state index in [0.717, 1.165) is 22.2 Å². The fourth-order valence-corrected chi connectivity index (χ4v) is 1.90. The summed E-state index contributed by atoms with van der Waals surface area (Å²) in [6, 6.07) is 7.82. The molecule has 4 heteroatoms. The van der Waals surface area contributed by atoms with Gasteiger partial charge in [0.1, 0.15) is 11.2 Å². The van der Waals surface area contributed by atoms with Crippen molar-refractivity contribution in [1.82, 2.24) is 9.97 Å². The number of nitrogens with one attached hydrogen (secondary N) is 2. The van der Waals surface area contributed by atoms with Crippen molar-refractivity contribution in [3.05, 3.63) is 36.7 Å². The minimum atomic E-state index is 0.612. The summed E-state index contributed by atoms with van der Waals surface area (Å²) in [7, 11) is 0. The molecule has 0 unspecified atom stereocenters. The molecule has 1 aliphatic carbocycles. The number of H-pyrrole nitrogens is 1. The van der Waals surface area contributed by atoms with Gasteiger partial charge in [0, 0.05) is 23.3 Å². The predicted octanol–water partition coefficient (Wildman–Crippen LogP) is 3.33. The fourth-order valence-electron chi connectivity index (χ4n) is 1.90. The molecule has 2 aliphatic rings. The van der Waals surface area contributed by atoms with Crippen molar-refractivity contribution in [2.75, 3.05) is 0 Å². The lowest BCUT2D eigenvalue weighted by Crippen LogP contribution is -1.77. The van der Waals surface area contributed by atoms with E-state index in [4.69, 9.17) is 5.53 Å². The molecule has 0 atom stereocenters. The molecule has 0 saturated carbocycles. The van der Waals surface area contributed by atoms with Crippen molar-refractivity contribution in [2.24, 2.45) is 5.11 Å². The van der Waals surface area contributed by atoms with Gasteiger partial charge in [0.15, 0.2) is 0 Å². The zero-order chi connectivity index (χ0) is 10.3. The van der Waals surface area contributed by atoms with E-state index in [-0.39, 0.29) is 0 Å². The van der Waals surface area contributed by atoms with Gasteiger partial charge in [-0.3, -0.25) is 4.98 Å². The van der Waals surface area contributed by atoms with Gasteiger partial charge in [-0.1, -0.05) is 12.1 Å². The number of nitrogens with zero attached hydrogens (tertiary/aromatic N) is 2. The summed E-state index contributed by atoms with van der Waals surface area (Å²) < 4.78 is 0. The topological polar surface area (TPSA) is 64.9 Å². The van der Waals surface area contributed by atoms with Gasteiger partial charge in [-0.25, -0.2) is 5.53 Å². The third-order valence-electron chi connectivity index (χ3n) is 2.53. The molecular weight excluding hydrogens is 188 g/mol. The molecule has 3 rings (SSSR count). The van der Waals surface area contributed by atoms with Gasteiger partial charge in [-0.15, -0.1) is 0 Å². The van der Waals surface area contributed by atoms with E-state index >= 15 is 0 Å². The summed E-state index contributed by atoms with van der Waals surface area (Å²) in [5.41, 5.74) is 10.5. The minimum absolute atomic E-state index is 0.612. The summed E-state index contributed by atoms with van der Waals surface area (Å²) in [6.07, 6.45) is 3.55. The normalized spacial score (nSPS) is 10.9. The molecule has 0 fully saturated rings. The number of hydrogen-bond donors (Lipinski definition) is 2. The molecule has 0 aromatic carbocycles. The first-order chi connectivity index (χ1) is 7.42. The SMILES string of the molecule is N=Nc1c2[nH]cccc-2c2cccnc12. The monoisotopic (exact) mass is 196 g/mol. The highest BCUT2D eigenvalue weighted by Gasteiger charge is 2.17. The average molecular weight is 196 g/mol. The zero-order valence-electron chi connectivity index (χ0n) is 7.86. The quantitative estimate of drug-likeness (QED) is 0.576. The largest absolute Gasteiger partial charge is 0.359 e. The van der Waals surface area contributed by atoms with Gasteiger partial charge < -0.3 is 4.98 Å². The van der Waals surface area contributed by atoms with Gasteiger partial charge in [-0.05, 0) is 12.1 Å². The summed E-state index contributed by atoms with van der Waals surface area (Å²) in [6.45, 7) is 0. The van der Waals surface area contributed by atoms with E-state index in [1.54, 1.807) is 6.20 Å². The third kappa shape index (κ3) is 0.985. The smallest absolute Gasteiger partial charge is 0.135 e. The summed E-state index contributed by atoms with van der Waals surface area (Å²) in [5.74, 6) is 0. The Hall–Kier alpha value is -2.23. The van der Waals surface area contributed by atoms with Crippen LogP contribution in [0.2, 0.25) is 0 Å². The van der Waals surface area contributed by atoms with Gasteiger partial charge in [0.2, 0.25) is 0 Å². The zero-order valence-corrected chi connectivity index (χ0v) is 7.86. The summed E-state index contributed by atoms with van der Waals surface area (Å²) in [5, 5.41) is 4.58.